The standard InChI is InChI=1S/C14H16BrN3O/c1-19-11-6-12(16-7-11)14-17-8-13(18-14)9-2-4-10(15)5-3-9/h2-5,8,11-12,16H,6-7H2,1H3,(H,17,18). The van der Waals surface area contributed by atoms with Gasteiger partial charge in [-0.1, -0.05) is 28.1 Å². The van der Waals surface area contributed by atoms with Crippen LogP contribution in [-0.2, 0) is 4.74 Å². The Bertz CT molecular complexity index is 552. The highest BCUT2D eigenvalue weighted by atomic mass is 79.9. The third-order valence-corrected chi connectivity index (χ3v) is 4.02. The highest BCUT2D eigenvalue weighted by Gasteiger charge is 2.27. The van der Waals surface area contributed by atoms with Crippen molar-refractivity contribution in [1.82, 2.24) is 15.3 Å². The zero-order valence-electron chi connectivity index (χ0n) is 10.7. The fourth-order valence-corrected chi connectivity index (χ4v) is 2.64. The Morgan fingerprint density at radius 3 is 2.79 bits per heavy atom. The van der Waals surface area contributed by atoms with E-state index >= 15 is 0 Å². The van der Waals surface area contributed by atoms with E-state index < -0.39 is 0 Å². The van der Waals surface area contributed by atoms with E-state index in [2.05, 4.69) is 43.3 Å². The maximum atomic E-state index is 5.36. The lowest BCUT2D eigenvalue weighted by Crippen LogP contribution is -2.16. The Balaban J connectivity index is 1.78. The summed E-state index contributed by atoms with van der Waals surface area (Å²) >= 11 is 3.44. The molecule has 2 atom stereocenters. The van der Waals surface area contributed by atoms with Crippen molar-refractivity contribution in [3.8, 4) is 11.3 Å². The van der Waals surface area contributed by atoms with Gasteiger partial charge in [0.1, 0.15) is 5.82 Å². The molecule has 2 unspecified atom stereocenters. The lowest BCUT2D eigenvalue weighted by Gasteiger charge is -2.06. The van der Waals surface area contributed by atoms with Gasteiger partial charge >= 0.3 is 0 Å². The Hall–Kier alpha value is -1.17. The number of halogens is 1. The van der Waals surface area contributed by atoms with Crippen LogP contribution in [-0.4, -0.2) is 29.7 Å². The van der Waals surface area contributed by atoms with Crippen LogP contribution in [0.25, 0.3) is 11.3 Å². The van der Waals surface area contributed by atoms with Crippen molar-refractivity contribution in [1.29, 1.82) is 0 Å². The van der Waals surface area contributed by atoms with E-state index in [1.54, 1.807) is 7.11 Å². The van der Waals surface area contributed by atoms with Crippen LogP contribution in [0.5, 0.6) is 0 Å². The molecule has 1 aliphatic rings. The Labute approximate surface area is 120 Å². The molecule has 2 heterocycles. The first kappa shape index (κ1) is 12.8. The molecule has 0 saturated carbocycles. The molecule has 4 nitrogen and oxygen atoms in total. The Kier molecular flexibility index (Phi) is 3.68. The van der Waals surface area contributed by atoms with Crippen molar-refractivity contribution < 1.29 is 4.74 Å². The number of rotatable bonds is 3. The molecule has 1 aliphatic heterocycles. The maximum absolute atomic E-state index is 5.36. The van der Waals surface area contributed by atoms with E-state index in [-0.39, 0.29) is 12.1 Å². The topological polar surface area (TPSA) is 49.9 Å². The van der Waals surface area contributed by atoms with Crippen molar-refractivity contribution in [2.24, 2.45) is 0 Å². The number of ether oxygens (including phenoxy) is 1. The Morgan fingerprint density at radius 1 is 1.32 bits per heavy atom. The first-order valence-corrected chi connectivity index (χ1v) is 7.13. The van der Waals surface area contributed by atoms with Crippen LogP contribution in [0, 0.1) is 0 Å². The largest absolute Gasteiger partial charge is 0.380 e. The molecule has 1 saturated heterocycles. The van der Waals surface area contributed by atoms with Crippen molar-refractivity contribution in [3.63, 3.8) is 0 Å². The fraction of sp³-hybridized carbons (Fsp3) is 0.357. The minimum absolute atomic E-state index is 0.258. The van der Waals surface area contributed by atoms with E-state index in [4.69, 9.17) is 4.74 Å². The lowest BCUT2D eigenvalue weighted by molar-refractivity contribution is 0.117. The minimum atomic E-state index is 0.258. The summed E-state index contributed by atoms with van der Waals surface area (Å²) in [6, 6.07) is 8.43. The van der Waals surface area contributed by atoms with Crippen molar-refractivity contribution in [3.05, 3.63) is 40.8 Å². The van der Waals surface area contributed by atoms with Crippen molar-refractivity contribution in [2.75, 3.05) is 13.7 Å². The summed E-state index contributed by atoms with van der Waals surface area (Å²) in [5, 5.41) is 3.42. The molecule has 0 radical (unpaired) electrons. The first-order valence-electron chi connectivity index (χ1n) is 6.33. The zero-order chi connectivity index (χ0) is 13.2. The highest BCUT2D eigenvalue weighted by Crippen LogP contribution is 2.25. The average Bonchev–Trinajstić information content (AvgIpc) is 3.08. The summed E-state index contributed by atoms with van der Waals surface area (Å²) in [4.78, 5) is 7.94. The molecular weight excluding hydrogens is 306 g/mol. The highest BCUT2D eigenvalue weighted by molar-refractivity contribution is 9.10. The van der Waals surface area contributed by atoms with Crippen molar-refractivity contribution in [2.45, 2.75) is 18.6 Å². The average molecular weight is 322 g/mol. The van der Waals surface area contributed by atoms with Gasteiger partial charge in [0, 0.05) is 29.9 Å². The number of hydrogen-bond acceptors (Lipinski definition) is 3. The molecule has 2 N–H and O–H groups in total. The van der Waals surface area contributed by atoms with E-state index in [1.165, 1.54) is 0 Å². The van der Waals surface area contributed by atoms with Gasteiger partial charge < -0.3 is 15.0 Å². The second-order valence-electron chi connectivity index (χ2n) is 4.73. The number of hydrogen-bond donors (Lipinski definition) is 2. The van der Waals surface area contributed by atoms with Gasteiger partial charge in [-0.25, -0.2) is 4.98 Å². The van der Waals surface area contributed by atoms with Crippen LogP contribution in [0.3, 0.4) is 0 Å². The van der Waals surface area contributed by atoms with Crippen LogP contribution in [0.15, 0.2) is 34.9 Å². The molecule has 0 amide bonds. The van der Waals surface area contributed by atoms with Gasteiger partial charge in [-0.2, -0.15) is 0 Å². The molecule has 5 heteroatoms. The van der Waals surface area contributed by atoms with Gasteiger partial charge in [-0.3, -0.25) is 0 Å². The van der Waals surface area contributed by atoms with Crippen molar-refractivity contribution >= 4 is 15.9 Å². The van der Waals surface area contributed by atoms with Gasteiger partial charge in [0.05, 0.1) is 17.8 Å². The van der Waals surface area contributed by atoms with Crippen LogP contribution >= 0.6 is 15.9 Å². The second-order valence-corrected chi connectivity index (χ2v) is 5.65. The van der Waals surface area contributed by atoms with Crippen LogP contribution < -0.4 is 5.32 Å². The van der Waals surface area contributed by atoms with Gasteiger partial charge in [-0.05, 0) is 18.6 Å². The molecule has 0 spiro atoms. The summed E-state index contributed by atoms with van der Waals surface area (Å²) < 4.78 is 6.43. The third kappa shape index (κ3) is 2.73. The van der Waals surface area contributed by atoms with E-state index in [0.29, 0.717) is 0 Å². The second kappa shape index (κ2) is 5.45. The molecule has 1 fully saturated rings. The molecule has 1 aromatic heterocycles. The van der Waals surface area contributed by atoms with Crippen LogP contribution in [0.4, 0.5) is 0 Å². The number of aromatic nitrogens is 2. The summed E-state index contributed by atoms with van der Waals surface area (Å²) in [5.74, 6) is 0.984. The number of H-pyrrole nitrogens is 1. The van der Waals surface area contributed by atoms with Gasteiger partial charge in [0.15, 0.2) is 0 Å². The van der Waals surface area contributed by atoms with Gasteiger partial charge in [-0.15, -0.1) is 0 Å². The number of nitrogens with one attached hydrogen (secondary N) is 2. The SMILES string of the molecule is COC1CNC(c2nc(-c3ccc(Br)cc3)c[nH]2)C1. The molecule has 2 aromatic rings. The van der Waals surface area contributed by atoms with Crippen LogP contribution in [0.2, 0.25) is 0 Å². The van der Waals surface area contributed by atoms with E-state index in [9.17, 15) is 0 Å². The predicted octanol–water partition coefficient (Wildman–Crippen LogP) is 2.89. The Morgan fingerprint density at radius 2 is 2.11 bits per heavy atom. The smallest absolute Gasteiger partial charge is 0.124 e. The number of imidazole rings is 1. The summed E-state index contributed by atoms with van der Waals surface area (Å²) in [5.41, 5.74) is 2.09. The lowest BCUT2D eigenvalue weighted by atomic mass is 10.2. The first-order chi connectivity index (χ1) is 9.26. The monoisotopic (exact) mass is 321 g/mol. The normalized spacial score (nSPS) is 22.8. The maximum Gasteiger partial charge on any atom is 0.124 e. The summed E-state index contributed by atoms with van der Waals surface area (Å²) in [6.45, 7) is 0.884. The number of methoxy groups -OCH3 is 1. The summed E-state index contributed by atoms with van der Waals surface area (Å²) in [6.07, 6.45) is 3.20. The van der Waals surface area contributed by atoms with E-state index in [1.807, 2.05) is 18.3 Å². The predicted molar refractivity (Wildman–Crippen MR) is 77.9 cm³/mol. The minimum Gasteiger partial charge on any atom is -0.380 e. The number of aromatic amines is 1. The molecule has 1 aromatic carbocycles. The molecule has 19 heavy (non-hydrogen) atoms. The summed E-state index contributed by atoms with van der Waals surface area (Å²) in [7, 11) is 1.75. The number of benzene rings is 1. The number of nitrogens with zero attached hydrogens (tertiary/aromatic N) is 1. The van der Waals surface area contributed by atoms with Gasteiger partial charge in [0.25, 0.3) is 0 Å². The molecule has 0 bridgehead atoms. The zero-order valence-corrected chi connectivity index (χ0v) is 12.3. The molecule has 3 rings (SSSR count). The molecular formula is C14H16BrN3O. The van der Waals surface area contributed by atoms with E-state index in [0.717, 1.165) is 34.5 Å². The molecule has 100 valence electrons. The van der Waals surface area contributed by atoms with Gasteiger partial charge in [0.2, 0.25) is 0 Å². The van der Waals surface area contributed by atoms with Crippen LogP contribution in [0.1, 0.15) is 18.3 Å². The molecule has 0 aliphatic carbocycles. The quantitative estimate of drug-likeness (QED) is 0.913. The fourth-order valence-electron chi connectivity index (χ4n) is 2.37. The third-order valence-electron chi connectivity index (χ3n) is 3.49.